The number of hydrogen-bond acceptors (Lipinski definition) is 4. The fourth-order valence-corrected chi connectivity index (χ4v) is 2.38. The number of phenols is 1. The number of rotatable bonds is 1. The van der Waals surface area contributed by atoms with Crippen molar-refractivity contribution in [3.63, 3.8) is 0 Å². The van der Waals surface area contributed by atoms with Crippen LogP contribution < -0.4 is 5.73 Å². The molecule has 0 aromatic heterocycles. The predicted molar refractivity (Wildman–Crippen MR) is 64.6 cm³/mol. The van der Waals surface area contributed by atoms with E-state index in [0.717, 1.165) is 11.6 Å². The van der Waals surface area contributed by atoms with Gasteiger partial charge in [0.25, 0.3) is 10.1 Å². The first-order valence-corrected chi connectivity index (χ1v) is 6.24. The van der Waals surface area contributed by atoms with Crippen LogP contribution in [0.2, 0.25) is 0 Å². The molecule has 6 heteroatoms. The van der Waals surface area contributed by atoms with Crippen LogP contribution in [0.4, 0.5) is 5.69 Å². The Morgan fingerprint density at radius 2 is 1.82 bits per heavy atom. The SMILES string of the molecule is Cc1ccc2c(N)c(S(=O)(=O)O)cc(O)c2c1. The molecule has 0 saturated heterocycles. The molecular formula is C11H11NO4S. The van der Waals surface area contributed by atoms with Gasteiger partial charge in [0.2, 0.25) is 0 Å². The van der Waals surface area contributed by atoms with Crippen molar-refractivity contribution >= 4 is 26.6 Å². The van der Waals surface area contributed by atoms with Crippen molar-refractivity contribution < 1.29 is 18.1 Å². The van der Waals surface area contributed by atoms with Crippen LogP contribution in [-0.4, -0.2) is 18.1 Å². The highest BCUT2D eigenvalue weighted by molar-refractivity contribution is 7.86. The fraction of sp³-hybridized carbons (Fsp3) is 0.0909. The van der Waals surface area contributed by atoms with Gasteiger partial charge >= 0.3 is 0 Å². The van der Waals surface area contributed by atoms with E-state index in [1.54, 1.807) is 18.2 Å². The van der Waals surface area contributed by atoms with Crippen LogP contribution in [-0.2, 0) is 10.1 Å². The highest BCUT2D eigenvalue weighted by Gasteiger charge is 2.18. The van der Waals surface area contributed by atoms with Crippen molar-refractivity contribution in [1.82, 2.24) is 0 Å². The largest absolute Gasteiger partial charge is 0.507 e. The first-order chi connectivity index (χ1) is 7.80. The van der Waals surface area contributed by atoms with Gasteiger partial charge in [-0.05, 0) is 13.0 Å². The maximum Gasteiger partial charge on any atom is 0.296 e. The predicted octanol–water partition coefficient (Wildman–Crippen LogP) is 1.68. The van der Waals surface area contributed by atoms with Crippen molar-refractivity contribution in [2.45, 2.75) is 11.8 Å². The second kappa shape index (κ2) is 3.61. The van der Waals surface area contributed by atoms with E-state index in [-0.39, 0.29) is 11.4 Å². The van der Waals surface area contributed by atoms with Crippen molar-refractivity contribution in [3.8, 4) is 5.75 Å². The van der Waals surface area contributed by atoms with E-state index in [4.69, 9.17) is 10.3 Å². The average Bonchev–Trinajstić information content (AvgIpc) is 2.21. The summed E-state index contributed by atoms with van der Waals surface area (Å²) in [5, 5.41) is 10.6. The van der Waals surface area contributed by atoms with Gasteiger partial charge in [0.1, 0.15) is 10.6 Å². The molecule has 2 rings (SSSR count). The minimum absolute atomic E-state index is 0.0692. The topological polar surface area (TPSA) is 101 Å². The molecule has 0 aliphatic carbocycles. The Hall–Kier alpha value is -1.79. The summed E-state index contributed by atoms with van der Waals surface area (Å²) in [6.07, 6.45) is 0. The molecule has 2 aromatic rings. The summed E-state index contributed by atoms with van der Waals surface area (Å²) in [7, 11) is -4.44. The second-order valence-corrected chi connectivity index (χ2v) is 5.22. The van der Waals surface area contributed by atoms with Crippen LogP contribution in [0, 0.1) is 6.92 Å². The van der Waals surface area contributed by atoms with E-state index >= 15 is 0 Å². The molecule has 0 spiro atoms. The first-order valence-electron chi connectivity index (χ1n) is 4.80. The summed E-state index contributed by atoms with van der Waals surface area (Å²) in [6, 6.07) is 5.99. The third-order valence-corrected chi connectivity index (χ3v) is 3.45. The van der Waals surface area contributed by atoms with Crippen molar-refractivity contribution in [2.75, 3.05) is 5.73 Å². The molecule has 0 heterocycles. The molecule has 4 N–H and O–H groups in total. The van der Waals surface area contributed by atoms with E-state index in [1.165, 1.54) is 0 Å². The number of fused-ring (bicyclic) bond motifs is 1. The second-order valence-electron chi connectivity index (χ2n) is 3.83. The molecule has 0 amide bonds. The number of phenolic OH excluding ortho intramolecular Hbond substituents is 1. The lowest BCUT2D eigenvalue weighted by molar-refractivity contribution is 0.471. The van der Waals surface area contributed by atoms with Gasteiger partial charge in [-0.3, -0.25) is 4.55 Å². The number of aromatic hydroxyl groups is 1. The van der Waals surface area contributed by atoms with E-state index in [1.807, 2.05) is 6.92 Å². The average molecular weight is 253 g/mol. The van der Waals surface area contributed by atoms with Crippen LogP contribution in [0.5, 0.6) is 5.75 Å². The van der Waals surface area contributed by atoms with Gasteiger partial charge in [0.15, 0.2) is 0 Å². The number of aryl methyl sites for hydroxylation is 1. The lowest BCUT2D eigenvalue weighted by Gasteiger charge is -2.09. The van der Waals surface area contributed by atoms with Crippen LogP contribution in [0.3, 0.4) is 0 Å². The highest BCUT2D eigenvalue weighted by atomic mass is 32.2. The zero-order valence-corrected chi connectivity index (χ0v) is 9.82. The Morgan fingerprint density at radius 3 is 2.41 bits per heavy atom. The van der Waals surface area contributed by atoms with Gasteiger partial charge in [-0.1, -0.05) is 17.7 Å². The highest BCUT2D eigenvalue weighted by Crippen LogP contribution is 2.35. The molecule has 0 radical (unpaired) electrons. The van der Waals surface area contributed by atoms with Crippen LogP contribution >= 0.6 is 0 Å². The Bertz CT molecular complexity index is 707. The lowest BCUT2D eigenvalue weighted by Crippen LogP contribution is -2.03. The summed E-state index contributed by atoms with van der Waals surface area (Å²) in [5.41, 5.74) is 6.51. The maximum atomic E-state index is 11.1. The van der Waals surface area contributed by atoms with Crippen molar-refractivity contribution in [3.05, 3.63) is 29.8 Å². The zero-order chi connectivity index (χ0) is 12.8. The number of anilines is 1. The van der Waals surface area contributed by atoms with Crippen molar-refractivity contribution in [2.24, 2.45) is 0 Å². The summed E-state index contributed by atoms with van der Waals surface area (Å²) in [6.45, 7) is 1.84. The van der Waals surface area contributed by atoms with Gasteiger partial charge in [-0.25, -0.2) is 0 Å². The molecule has 0 unspecified atom stereocenters. The summed E-state index contributed by atoms with van der Waals surface area (Å²) < 4.78 is 31.2. The Kier molecular flexibility index (Phi) is 2.48. The number of nitrogen functional groups attached to an aromatic ring is 1. The molecule has 0 bridgehead atoms. The normalized spacial score (nSPS) is 11.9. The third-order valence-electron chi connectivity index (χ3n) is 2.55. The zero-order valence-electron chi connectivity index (χ0n) is 9.01. The minimum Gasteiger partial charge on any atom is -0.507 e. The fourth-order valence-electron chi connectivity index (χ4n) is 1.73. The standard InChI is InChI=1S/C11H11NO4S/c1-6-2-3-7-8(4-6)9(13)5-10(11(7)12)17(14,15)16/h2-5,13H,12H2,1H3,(H,14,15,16). The van der Waals surface area contributed by atoms with E-state index < -0.39 is 15.0 Å². The molecule has 0 aliphatic rings. The van der Waals surface area contributed by atoms with Gasteiger partial charge in [-0.15, -0.1) is 0 Å². The molecule has 0 atom stereocenters. The molecule has 5 nitrogen and oxygen atoms in total. The number of benzene rings is 2. The van der Waals surface area contributed by atoms with Crippen LogP contribution in [0.15, 0.2) is 29.2 Å². The van der Waals surface area contributed by atoms with E-state index in [0.29, 0.717) is 10.8 Å². The molecule has 2 aromatic carbocycles. The molecule has 0 saturated carbocycles. The van der Waals surface area contributed by atoms with Gasteiger partial charge < -0.3 is 10.8 Å². The van der Waals surface area contributed by atoms with Crippen molar-refractivity contribution in [1.29, 1.82) is 0 Å². The monoisotopic (exact) mass is 253 g/mol. The molecular weight excluding hydrogens is 242 g/mol. The number of hydrogen-bond donors (Lipinski definition) is 3. The molecule has 0 fully saturated rings. The molecule has 0 aliphatic heterocycles. The maximum absolute atomic E-state index is 11.1. The third kappa shape index (κ3) is 1.92. The van der Waals surface area contributed by atoms with Gasteiger partial charge in [-0.2, -0.15) is 8.42 Å². The Balaban J connectivity index is 2.96. The molecule has 90 valence electrons. The molecule has 17 heavy (non-hydrogen) atoms. The summed E-state index contributed by atoms with van der Waals surface area (Å²) in [4.78, 5) is -0.480. The summed E-state index contributed by atoms with van der Waals surface area (Å²) in [5.74, 6) is -0.231. The quantitative estimate of drug-likeness (QED) is 0.408. The Morgan fingerprint density at radius 1 is 1.18 bits per heavy atom. The number of nitrogens with two attached hydrogens (primary N) is 1. The van der Waals surface area contributed by atoms with E-state index in [2.05, 4.69) is 0 Å². The van der Waals surface area contributed by atoms with Gasteiger partial charge in [0, 0.05) is 16.8 Å². The Labute approximate surface area is 98.2 Å². The van der Waals surface area contributed by atoms with Gasteiger partial charge in [0.05, 0.1) is 5.69 Å². The van der Waals surface area contributed by atoms with Crippen LogP contribution in [0.1, 0.15) is 5.56 Å². The first kappa shape index (κ1) is 11.7. The lowest BCUT2D eigenvalue weighted by atomic mass is 10.1. The summed E-state index contributed by atoms with van der Waals surface area (Å²) >= 11 is 0. The van der Waals surface area contributed by atoms with E-state index in [9.17, 15) is 13.5 Å². The minimum atomic E-state index is -4.44. The van der Waals surface area contributed by atoms with Crippen LogP contribution in [0.25, 0.3) is 10.8 Å². The smallest absolute Gasteiger partial charge is 0.296 e.